The number of rotatable bonds is 10. The maximum Gasteiger partial charge on any atom is 0.124 e. The van der Waals surface area contributed by atoms with Gasteiger partial charge in [-0.3, -0.25) is 0 Å². The molecule has 1 aromatic carbocycles. The molecule has 0 saturated carbocycles. The quantitative estimate of drug-likeness (QED) is 0.670. The fourth-order valence-corrected chi connectivity index (χ4v) is 1.87. The molecule has 0 saturated heterocycles. The molecule has 0 amide bonds. The van der Waals surface area contributed by atoms with E-state index < -0.39 is 6.10 Å². The highest BCUT2D eigenvalue weighted by molar-refractivity contribution is 5.38. The molecular weight excluding hydrogens is 256 g/mol. The zero-order valence-corrected chi connectivity index (χ0v) is 12.7. The average Bonchev–Trinajstić information content (AvgIpc) is 2.46. The largest absolute Gasteiger partial charge is 0.496 e. The highest BCUT2D eigenvalue weighted by Crippen LogP contribution is 2.26. The molecule has 114 valence electrons. The van der Waals surface area contributed by atoms with Crippen LogP contribution >= 0.6 is 0 Å². The van der Waals surface area contributed by atoms with Crippen molar-refractivity contribution >= 4 is 0 Å². The molecule has 0 fully saturated rings. The number of aliphatic hydroxyl groups excluding tert-OH is 1. The van der Waals surface area contributed by atoms with Gasteiger partial charge >= 0.3 is 0 Å². The molecule has 0 aliphatic heterocycles. The van der Waals surface area contributed by atoms with Gasteiger partial charge in [0.25, 0.3) is 0 Å². The molecule has 0 spiro atoms. The number of aryl methyl sites for hydroxylation is 1. The lowest BCUT2D eigenvalue weighted by Crippen LogP contribution is -2.12. The molecule has 0 aliphatic rings. The van der Waals surface area contributed by atoms with Crippen LogP contribution in [0.25, 0.3) is 0 Å². The summed E-state index contributed by atoms with van der Waals surface area (Å²) < 4.78 is 16.1. The third kappa shape index (κ3) is 5.90. The smallest absolute Gasteiger partial charge is 0.124 e. The Morgan fingerprint density at radius 1 is 1.15 bits per heavy atom. The standard InChI is InChI=1S/C16H26O4/c1-4-5-8-19-9-10-20-12-15(17)14-11-13(2)6-7-16(14)18-3/h6-7,11,15,17H,4-5,8-10,12H2,1-3H3. The number of benzene rings is 1. The Kier molecular flexibility index (Phi) is 8.26. The molecule has 1 rings (SSSR count). The van der Waals surface area contributed by atoms with Gasteiger partial charge in [0.1, 0.15) is 11.9 Å². The van der Waals surface area contributed by atoms with Gasteiger partial charge in [-0.05, 0) is 25.5 Å². The van der Waals surface area contributed by atoms with Crippen molar-refractivity contribution in [2.75, 3.05) is 33.5 Å². The highest BCUT2D eigenvalue weighted by atomic mass is 16.5. The first-order valence-corrected chi connectivity index (χ1v) is 7.17. The number of aliphatic hydroxyl groups is 1. The van der Waals surface area contributed by atoms with Gasteiger partial charge < -0.3 is 19.3 Å². The van der Waals surface area contributed by atoms with Gasteiger partial charge in [-0.25, -0.2) is 0 Å². The van der Waals surface area contributed by atoms with Gasteiger partial charge in [-0.15, -0.1) is 0 Å². The van der Waals surface area contributed by atoms with E-state index in [0.29, 0.717) is 19.0 Å². The minimum absolute atomic E-state index is 0.247. The van der Waals surface area contributed by atoms with Crippen LogP contribution in [-0.2, 0) is 9.47 Å². The maximum absolute atomic E-state index is 10.2. The van der Waals surface area contributed by atoms with Crippen molar-refractivity contribution in [3.8, 4) is 5.75 Å². The first kappa shape index (κ1) is 17.0. The Hall–Kier alpha value is -1.10. The number of hydrogen-bond donors (Lipinski definition) is 1. The van der Waals surface area contributed by atoms with Crippen molar-refractivity contribution in [1.82, 2.24) is 0 Å². The minimum atomic E-state index is -0.680. The molecule has 0 aromatic heterocycles. The summed E-state index contributed by atoms with van der Waals surface area (Å²) in [5.41, 5.74) is 1.85. The Labute approximate surface area is 121 Å². The Morgan fingerprint density at radius 3 is 2.60 bits per heavy atom. The van der Waals surface area contributed by atoms with Crippen molar-refractivity contribution in [2.45, 2.75) is 32.8 Å². The van der Waals surface area contributed by atoms with Crippen LogP contribution in [0.4, 0.5) is 0 Å². The van der Waals surface area contributed by atoms with E-state index >= 15 is 0 Å². The van der Waals surface area contributed by atoms with E-state index in [2.05, 4.69) is 6.92 Å². The van der Waals surface area contributed by atoms with Gasteiger partial charge in [0.2, 0.25) is 0 Å². The Bertz CT molecular complexity index is 379. The average molecular weight is 282 g/mol. The summed E-state index contributed by atoms with van der Waals surface area (Å²) in [6.45, 7) is 6.20. The zero-order valence-electron chi connectivity index (χ0n) is 12.7. The summed E-state index contributed by atoms with van der Waals surface area (Å²) in [4.78, 5) is 0. The van der Waals surface area contributed by atoms with Crippen molar-refractivity contribution in [3.05, 3.63) is 29.3 Å². The number of methoxy groups -OCH3 is 1. The van der Waals surface area contributed by atoms with Gasteiger partial charge in [0.15, 0.2) is 0 Å². The maximum atomic E-state index is 10.2. The Morgan fingerprint density at radius 2 is 1.90 bits per heavy atom. The molecule has 0 bridgehead atoms. The number of unbranched alkanes of at least 4 members (excludes halogenated alkanes) is 1. The van der Waals surface area contributed by atoms with Gasteiger partial charge in [-0.1, -0.05) is 25.0 Å². The molecule has 1 N–H and O–H groups in total. The van der Waals surface area contributed by atoms with E-state index in [4.69, 9.17) is 14.2 Å². The van der Waals surface area contributed by atoms with Gasteiger partial charge in [0.05, 0.1) is 26.9 Å². The third-order valence-corrected chi connectivity index (χ3v) is 3.03. The van der Waals surface area contributed by atoms with Crippen LogP contribution in [0, 0.1) is 6.92 Å². The van der Waals surface area contributed by atoms with E-state index in [0.717, 1.165) is 30.6 Å². The monoisotopic (exact) mass is 282 g/mol. The van der Waals surface area contributed by atoms with Crippen molar-refractivity contribution in [3.63, 3.8) is 0 Å². The fourth-order valence-electron chi connectivity index (χ4n) is 1.87. The second-order valence-electron chi connectivity index (χ2n) is 4.80. The third-order valence-electron chi connectivity index (χ3n) is 3.03. The van der Waals surface area contributed by atoms with Gasteiger partial charge in [0, 0.05) is 12.2 Å². The zero-order chi connectivity index (χ0) is 14.8. The summed E-state index contributed by atoms with van der Waals surface area (Å²) >= 11 is 0. The first-order valence-electron chi connectivity index (χ1n) is 7.17. The summed E-state index contributed by atoms with van der Waals surface area (Å²) in [5.74, 6) is 0.686. The van der Waals surface area contributed by atoms with Crippen LogP contribution in [0.1, 0.15) is 37.0 Å². The summed E-state index contributed by atoms with van der Waals surface area (Å²) in [6.07, 6.45) is 1.52. The fraction of sp³-hybridized carbons (Fsp3) is 0.625. The van der Waals surface area contributed by atoms with Crippen LogP contribution in [0.2, 0.25) is 0 Å². The summed E-state index contributed by atoms with van der Waals surface area (Å²) in [5, 5.41) is 10.2. The van der Waals surface area contributed by atoms with Gasteiger partial charge in [-0.2, -0.15) is 0 Å². The molecule has 1 atom stereocenters. The second kappa shape index (κ2) is 9.75. The molecule has 1 unspecified atom stereocenters. The summed E-state index contributed by atoms with van der Waals surface area (Å²) in [6, 6.07) is 5.74. The highest BCUT2D eigenvalue weighted by Gasteiger charge is 2.13. The molecule has 0 heterocycles. The lowest BCUT2D eigenvalue weighted by atomic mass is 10.1. The van der Waals surface area contributed by atoms with Crippen molar-refractivity contribution in [2.24, 2.45) is 0 Å². The SMILES string of the molecule is CCCCOCCOCC(O)c1cc(C)ccc1OC. The predicted molar refractivity (Wildman–Crippen MR) is 79.2 cm³/mol. The first-order chi connectivity index (χ1) is 9.69. The molecule has 0 radical (unpaired) electrons. The van der Waals surface area contributed by atoms with Crippen LogP contribution < -0.4 is 4.74 Å². The van der Waals surface area contributed by atoms with Crippen LogP contribution in [0.15, 0.2) is 18.2 Å². The molecule has 20 heavy (non-hydrogen) atoms. The lowest BCUT2D eigenvalue weighted by Gasteiger charge is -2.15. The molecular formula is C16H26O4. The molecule has 4 nitrogen and oxygen atoms in total. The molecule has 0 aliphatic carbocycles. The topological polar surface area (TPSA) is 47.9 Å². The Balaban J connectivity index is 2.32. The van der Waals surface area contributed by atoms with Crippen LogP contribution in [-0.4, -0.2) is 38.6 Å². The van der Waals surface area contributed by atoms with E-state index in [-0.39, 0.29) is 6.61 Å². The van der Waals surface area contributed by atoms with E-state index in [1.54, 1.807) is 7.11 Å². The summed E-state index contributed by atoms with van der Waals surface area (Å²) in [7, 11) is 1.60. The number of hydrogen-bond acceptors (Lipinski definition) is 4. The van der Waals surface area contributed by atoms with E-state index in [1.807, 2.05) is 25.1 Å². The predicted octanol–water partition coefficient (Wildman–Crippen LogP) is 2.87. The second-order valence-corrected chi connectivity index (χ2v) is 4.80. The lowest BCUT2D eigenvalue weighted by molar-refractivity contribution is 0.00210. The van der Waals surface area contributed by atoms with E-state index in [1.165, 1.54) is 0 Å². The molecule has 1 aromatic rings. The molecule has 4 heteroatoms. The van der Waals surface area contributed by atoms with E-state index in [9.17, 15) is 5.11 Å². The van der Waals surface area contributed by atoms with Crippen LogP contribution in [0.5, 0.6) is 5.75 Å². The van der Waals surface area contributed by atoms with Crippen molar-refractivity contribution in [1.29, 1.82) is 0 Å². The number of ether oxygens (including phenoxy) is 3. The normalized spacial score (nSPS) is 12.4. The minimum Gasteiger partial charge on any atom is -0.496 e. The van der Waals surface area contributed by atoms with Crippen molar-refractivity contribution < 1.29 is 19.3 Å². The van der Waals surface area contributed by atoms with Crippen LogP contribution in [0.3, 0.4) is 0 Å².